The van der Waals surface area contributed by atoms with E-state index in [1.54, 1.807) is 0 Å². The molecule has 0 unspecified atom stereocenters. The number of piperidine rings is 1. The van der Waals surface area contributed by atoms with Crippen molar-refractivity contribution in [2.75, 3.05) is 13.1 Å². The summed E-state index contributed by atoms with van der Waals surface area (Å²) < 4.78 is 0. The monoisotopic (exact) mass is 442 g/mol. The second-order valence-electron chi connectivity index (χ2n) is 1.98. The maximum Gasteiger partial charge on any atom is 0 e. The van der Waals surface area contributed by atoms with Crippen LogP contribution in [0.25, 0.3) is 0 Å². The first-order chi connectivity index (χ1) is 3.39. The van der Waals surface area contributed by atoms with Crippen LogP contribution in [0, 0.1) is 44.6 Å². The Kier molecular flexibility index (Phi) is 19.9. The molecular formula is C6H13NOUY-2. The Balaban J connectivity index is -0.000000163. The van der Waals surface area contributed by atoms with Crippen molar-refractivity contribution in [2.24, 2.45) is 0 Å². The van der Waals surface area contributed by atoms with Crippen LogP contribution in [0.3, 0.4) is 0 Å². The zero-order chi connectivity index (χ0) is 5.11. The molecule has 0 saturated carbocycles. The summed E-state index contributed by atoms with van der Waals surface area (Å²) in [4.78, 5) is 2.11. The summed E-state index contributed by atoms with van der Waals surface area (Å²) in [5.41, 5.74) is 0. The van der Waals surface area contributed by atoms with Gasteiger partial charge < -0.3 is 16.8 Å². The fourth-order valence-corrected chi connectivity index (χ4v) is 0.804. The Morgan fingerprint density at radius 2 is 1.60 bits per heavy atom. The third-order valence-electron chi connectivity index (χ3n) is 1.30. The van der Waals surface area contributed by atoms with E-state index in [9.17, 15) is 0 Å². The maximum absolute atomic E-state index is 3.81. The average Bonchev–Trinajstić information content (AvgIpc) is 1.69. The quantitative estimate of drug-likeness (QED) is 0.496. The van der Waals surface area contributed by atoms with E-state index in [2.05, 4.69) is 18.4 Å². The van der Waals surface area contributed by atoms with Crippen LogP contribution in [-0.2, 0) is 32.7 Å². The van der Waals surface area contributed by atoms with E-state index in [1.165, 1.54) is 12.8 Å². The maximum atomic E-state index is 3.81. The van der Waals surface area contributed by atoms with Crippen LogP contribution in [0.2, 0.25) is 0 Å². The summed E-state index contributed by atoms with van der Waals surface area (Å²) in [5, 5.41) is 0. The van der Waals surface area contributed by atoms with E-state index >= 15 is 0 Å². The van der Waals surface area contributed by atoms with Crippen LogP contribution in [0.5, 0.6) is 0 Å². The van der Waals surface area contributed by atoms with Gasteiger partial charge in [-0.3, -0.25) is 7.05 Å². The van der Waals surface area contributed by atoms with Crippen molar-refractivity contribution in [3.63, 3.8) is 0 Å². The first-order valence-electron chi connectivity index (χ1n) is 2.77. The second-order valence-corrected chi connectivity index (χ2v) is 1.98. The summed E-state index contributed by atoms with van der Waals surface area (Å²) in [6.07, 6.45) is 4.77. The molecule has 0 bridgehead atoms. The molecule has 10 heavy (non-hydrogen) atoms. The molecular weight excluding hydrogens is 429 g/mol. The average molecular weight is 442 g/mol. The molecule has 1 heterocycles. The van der Waals surface area contributed by atoms with Crippen molar-refractivity contribution in [2.45, 2.75) is 12.8 Å². The Bertz CT molecular complexity index is 59.7. The van der Waals surface area contributed by atoms with Crippen molar-refractivity contribution in [3.05, 3.63) is 13.5 Å². The van der Waals surface area contributed by atoms with Crippen LogP contribution >= 0.6 is 0 Å². The van der Waals surface area contributed by atoms with Crippen molar-refractivity contribution in [1.29, 1.82) is 0 Å². The minimum atomic E-state index is 0. The molecule has 1 aliphatic rings. The topological polar surface area (TPSA) is 34.7 Å². The molecule has 0 aromatic heterocycles. The zero-order valence-corrected chi connectivity index (χ0v) is 13.1. The van der Waals surface area contributed by atoms with E-state index in [4.69, 9.17) is 0 Å². The van der Waals surface area contributed by atoms with E-state index in [0.29, 0.717) is 0 Å². The molecule has 2 nitrogen and oxygen atoms in total. The van der Waals surface area contributed by atoms with Crippen molar-refractivity contribution in [3.8, 4) is 0 Å². The van der Waals surface area contributed by atoms with Gasteiger partial charge in [0.25, 0.3) is 0 Å². The fraction of sp³-hybridized carbons (Fsp3) is 0.667. The van der Waals surface area contributed by atoms with Gasteiger partial charge in [-0.25, -0.2) is 0 Å². The molecule has 57 valence electrons. The van der Waals surface area contributed by atoms with Gasteiger partial charge in [-0.1, -0.05) is 13.1 Å². The van der Waals surface area contributed by atoms with Gasteiger partial charge in [0.1, 0.15) is 0 Å². The van der Waals surface area contributed by atoms with Gasteiger partial charge in [0.05, 0.1) is 0 Å². The Labute approximate surface area is 112 Å². The first kappa shape index (κ1) is 18.0. The van der Waals surface area contributed by atoms with Gasteiger partial charge in [-0.05, 0) is 0 Å². The molecule has 0 aromatic carbocycles. The minimum Gasteiger partial charge on any atom is -0.463 e. The molecule has 0 aliphatic carbocycles. The molecule has 1 rings (SSSR count). The van der Waals surface area contributed by atoms with Gasteiger partial charge >= 0.3 is 0 Å². The Morgan fingerprint density at radius 3 is 1.80 bits per heavy atom. The third kappa shape index (κ3) is 8.18. The number of nitrogens with zero attached hydrogens (tertiary/aromatic N) is 1. The van der Waals surface area contributed by atoms with Gasteiger partial charge in [0, 0.05) is 63.8 Å². The number of likely N-dealkylation sites (tertiary alicyclic amines) is 1. The molecule has 1 saturated heterocycles. The van der Waals surface area contributed by atoms with Crippen LogP contribution in [0.1, 0.15) is 12.8 Å². The fourth-order valence-electron chi connectivity index (χ4n) is 0.804. The van der Waals surface area contributed by atoms with E-state index in [-0.39, 0.29) is 69.3 Å². The molecule has 0 amide bonds. The molecule has 2 N–H and O–H groups in total. The van der Waals surface area contributed by atoms with Gasteiger partial charge in [0.2, 0.25) is 0 Å². The summed E-state index contributed by atoms with van der Waals surface area (Å²) in [5.74, 6) is 0. The molecule has 0 spiro atoms. The van der Waals surface area contributed by atoms with Crippen molar-refractivity contribution >= 4 is 0 Å². The molecule has 1 fully saturated rings. The standard InChI is InChI=1S/C6H11N.H2O.U.Y/c1-7-5-3-2-4-6-7;;;/h2H,1,3-6H2;1H2;;/q-2;;;. The summed E-state index contributed by atoms with van der Waals surface area (Å²) in [7, 11) is 3.81. The van der Waals surface area contributed by atoms with Crippen molar-refractivity contribution in [1.82, 2.24) is 4.90 Å². The Hall–Kier alpha value is 2.08. The molecule has 1 radical (unpaired) electrons. The van der Waals surface area contributed by atoms with Crippen LogP contribution in [0.4, 0.5) is 0 Å². The molecule has 0 atom stereocenters. The SMILES string of the molecule is O.[CH2-]N1CC[CH-]CC1.[U].[Y]. The minimum absolute atomic E-state index is 0. The normalized spacial score (nSPS) is 17.7. The van der Waals surface area contributed by atoms with Crippen LogP contribution in [0.15, 0.2) is 0 Å². The predicted molar refractivity (Wildman–Crippen MR) is 34.1 cm³/mol. The molecule has 4 heteroatoms. The van der Waals surface area contributed by atoms with Crippen molar-refractivity contribution < 1.29 is 69.3 Å². The summed E-state index contributed by atoms with van der Waals surface area (Å²) in [6, 6.07) is 0. The van der Waals surface area contributed by atoms with Gasteiger partial charge in [-0.2, -0.15) is 12.8 Å². The largest absolute Gasteiger partial charge is 0.463 e. The molecule has 0 aromatic rings. The van der Waals surface area contributed by atoms with E-state index < -0.39 is 0 Å². The van der Waals surface area contributed by atoms with Crippen LogP contribution in [-0.4, -0.2) is 23.5 Å². The summed E-state index contributed by atoms with van der Waals surface area (Å²) in [6.45, 7) is 2.31. The summed E-state index contributed by atoms with van der Waals surface area (Å²) >= 11 is 0. The van der Waals surface area contributed by atoms with Gasteiger partial charge in [0.15, 0.2) is 0 Å². The van der Waals surface area contributed by atoms with Gasteiger partial charge in [-0.15, -0.1) is 0 Å². The second kappa shape index (κ2) is 11.1. The number of hydrogen-bond donors (Lipinski definition) is 0. The number of hydrogen-bond acceptors (Lipinski definition) is 1. The Morgan fingerprint density at radius 1 is 1.20 bits per heavy atom. The van der Waals surface area contributed by atoms with E-state index in [1.807, 2.05) is 0 Å². The number of rotatable bonds is 0. The zero-order valence-electron chi connectivity index (χ0n) is 6.14. The van der Waals surface area contributed by atoms with Crippen LogP contribution < -0.4 is 0 Å². The predicted octanol–water partition coefficient (Wildman–Crippen LogP) is 0.251. The van der Waals surface area contributed by atoms with E-state index in [0.717, 1.165) is 13.1 Å². The smallest absolute Gasteiger partial charge is 0 e. The first-order valence-corrected chi connectivity index (χ1v) is 2.77. The molecule has 1 aliphatic heterocycles. The third-order valence-corrected chi connectivity index (χ3v) is 1.30.